The second-order valence-electron chi connectivity index (χ2n) is 7.79. The van der Waals surface area contributed by atoms with Crippen LogP contribution in [0.25, 0.3) is 0 Å². The molecule has 0 amide bonds. The smallest absolute Gasteiger partial charge is 0.337 e. The molecule has 2 aromatic rings. The number of allylic oxidation sites excluding steroid dienone is 3. The Morgan fingerprint density at radius 2 is 1.97 bits per heavy atom. The minimum atomic E-state index is -0.838. The van der Waals surface area contributed by atoms with Crippen molar-refractivity contribution < 1.29 is 19.2 Å². The summed E-state index contributed by atoms with van der Waals surface area (Å²) < 4.78 is 5.57. The van der Waals surface area contributed by atoms with E-state index in [9.17, 15) is 19.7 Å². The molecular weight excluding hydrogens is 432 g/mol. The highest BCUT2D eigenvalue weighted by Gasteiger charge is 2.40. The number of Topliss-reactive ketones (excluding diaryl/α,β-unsaturated/α-hetero) is 1. The molecule has 2 aliphatic rings. The van der Waals surface area contributed by atoms with Crippen LogP contribution in [0, 0.1) is 10.1 Å². The summed E-state index contributed by atoms with van der Waals surface area (Å²) in [5.41, 5.74) is 2.93. The number of nitro benzene ring substituents is 1. The molecule has 32 heavy (non-hydrogen) atoms. The van der Waals surface area contributed by atoms with Crippen LogP contribution in [0.4, 0.5) is 5.69 Å². The Bertz CT molecular complexity index is 1170. The van der Waals surface area contributed by atoms with E-state index in [1.807, 2.05) is 30.3 Å². The van der Waals surface area contributed by atoms with Gasteiger partial charge in [-0.2, -0.15) is 0 Å². The van der Waals surface area contributed by atoms with Crippen LogP contribution in [0.2, 0.25) is 5.02 Å². The minimum absolute atomic E-state index is 0.0612. The molecule has 0 spiro atoms. The van der Waals surface area contributed by atoms with E-state index in [-0.39, 0.29) is 28.7 Å². The first-order valence-electron chi connectivity index (χ1n) is 10.3. The van der Waals surface area contributed by atoms with Crippen molar-refractivity contribution in [3.63, 3.8) is 0 Å². The number of dihydropyridines is 1. The molecule has 1 unspecified atom stereocenters. The summed E-state index contributed by atoms with van der Waals surface area (Å²) in [7, 11) is 0. The normalized spacial score (nSPS) is 18.2. The molecule has 2 aromatic carbocycles. The lowest BCUT2D eigenvalue weighted by atomic mass is 9.75. The van der Waals surface area contributed by atoms with Crippen molar-refractivity contribution in [3.05, 3.63) is 97.3 Å². The number of halogens is 1. The first-order chi connectivity index (χ1) is 15.4. The van der Waals surface area contributed by atoms with Gasteiger partial charge in [-0.3, -0.25) is 14.9 Å². The van der Waals surface area contributed by atoms with Crippen LogP contribution in [0.3, 0.4) is 0 Å². The average Bonchev–Trinajstić information content (AvgIpc) is 2.77. The first-order valence-corrected chi connectivity index (χ1v) is 10.6. The van der Waals surface area contributed by atoms with Gasteiger partial charge in [0.1, 0.15) is 6.61 Å². The van der Waals surface area contributed by atoms with E-state index in [4.69, 9.17) is 16.3 Å². The lowest BCUT2D eigenvalue weighted by Gasteiger charge is -2.34. The molecule has 0 saturated carbocycles. The highest BCUT2D eigenvalue weighted by Crippen LogP contribution is 2.45. The molecule has 1 aliphatic heterocycles. The molecule has 0 saturated heterocycles. The van der Waals surface area contributed by atoms with Crippen molar-refractivity contribution in [1.29, 1.82) is 0 Å². The van der Waals surface area contributed by atoms with Crippen LogP contribution in [-0.2, 0) is 20.9 Å². The summed E-state index contributed by atoms with van der Waals surface area (Å²) in [6, 6.07) is 13.3. The Kier molecular flexibility index (Phi) is 6.10. The summed E-state index contributed by atoms with van der Waals surface area (Å²) in [6.45, 7) is 1.80. The van der Waals surface area contributed by atoms with Gasteiger partial charge in [0.15, 0.2) is 5.78 Å². The second-order valence-corrected chi connectivity index (χ2v) is 8.20. The third-order valence-electron chi connectivity index (χ3n) is 5.71. The van der Waals surface area contributed by atoms with Gasteiger partial charge >= 0.3 is 5.97 Å². The number of nitrogens with zero attached hydrogens (tertiary/aromatic N) is 1. The number of hydrogen-bond donors (Lipinski definition) is 1. The van der Waals surface area contributed by atoms with Crippen LogP contribution < -0.4 is 5.32 Å². The maximum absolute atomic E-state index is 13.2. The summed E-state index contributed by atoms with van der Waals surface area (Å²) in [5, 5.41) is 14.8. The van der Waals surface area contributed by atoms with Crippen LogP contribution >= 0.6 is 11.6 Å². The zero-order valence-corrected chi connectivity index (χ0v) is 18.1. The maximum Gasteiger partial charge on any atom is 0.337 e. The van der Waals surface area contributed by atoms with Crippen molar-refractivity contribution in [2.45, 2.75) is 38.7 Å². The number of ketones is 1. The molecule has 1 aliphatic carbocycles. The average molecular weight is 453 g/mol. The Morgan fingerprint density at radius 3 is 2.69 bits per heavy atom. The maximum atomic E-state index is 13.2. The molecule has 1 heterocycles. The van der Waals surface area contributed by atoms with E-state index in [2.05, 4.69) is 5.32 Å². The number of non-ortho nitro benzene ring substituents is 1. The van der Waals surface area contributed by atoms with Crippen molar-refractivity contribution in [1.82, 2.24) is 5.32 Å². The number of esters is 1. The molecule has 7 nitrogen and oxygen atoms in total. The third kappa shape index (κ3) is 4.16. The van der Waals surface area contributed by atoms with Gasteiger partial charge in [-0.05, 0) is 37.0 Å². The topological polar surface area (TPSA) is 98.5 Å². The predicted molar refractivity (Wildman–Crippen MR) is 119 cm³/mol. The molecule has 0 fully saturated rings. The first kappa shape index (κ1) is 21.8. The van der Waals surface area contributed by atoms with Crippen molar-refractivity contribution in [2.75, 3.05) is 0 Å². The molecule has 1 N–H and O–H groups in total. The van der Waals surface area contributed by atoms with E-state index in [1.54, 1.807) is 6.92 Å². The fraction of sp³-hybridized carbons (Fsp3) is 0.250. The van der Waals surface area contributed by atoms with Gasteiger partial charge in [0.25, 0.3) is 5.69 Å². The van der Waals surface area contributed by atoms with E-state index in [1.165, 1.54) is 18.2 Å². The summed E-state index contributed by atoms with van der Waals surface area (Å²) in [4.78, 5) is 37.1. The van der Waals surface area contributed by atoms with Gasteiger partial charge in [-0.1, -0.05) is 41.9 Å². The van der Waals surface area contributed by atoms with Crippen LogP contribution in [-0.4, -0.2) is 16.7 Å². The fourth-order valence-corrected chi connectivity index (χ4v) is 4.46. The Balaban J connectivity index is 1.79. The number of benzene rings is 2. The van der Waals surface area contributed by atoms with Gasteiger partial charge in [0, 0.05) is 46.5 Å². The number of carbonyl (C=O) groups excluding carboxylic acids is 2. The molecule has 164 valence electrons. The molecule has 0 radical (unpaired) electrons. The van der Waals surface area contributed by atoms with E-state index in [0.29, 0.717) is 36.1 Å². The molecule has 1 atom stereocenters. The van der Waals surface area contributed by atoms with Crippen LogP contribution in [0.15, 0.2) is 71.1 Å². The van der Waals surface area contributed by atoms with Gasteiger partial charge in [0.2, 0.25) is 0 Å². The number of carbonyl (C=O) groups is 2. The van der Waals surface area contributed by atoms with Crippen molar-refractivity contribution in [3.8, 4) is 0 Å². The van der Waals surface area contributed by atoms with Crippen molar-refractivity contribution >= 4 is 29.0 Å². The highest BCUT2D eigenvalue weighted by molar-refractivity contribution is 6.31. The lowest BCUT2D eigenvalue weighted by molar-refractivity contribution is -0.384. The highest BCUT2D eigenvalue weighted by atomic mass is 35.5. The van der Waals surface area contributed by atoms with Gasteiger partial charge in [-0.15, -0.1) is 0 Å². The monoisotopic (exact) mass is 452 g/mol. The Labute approximate surface area is 189 Å². The molecule has 0 bridgehead atoms. The zero-order valence-electron chi connectivity index (χ0n) is 17.4. The zero-order chi connectivity index (χ0) is 22.8. The fourth-order valence-electron chi connectivity index (χ4n) is 4.23. The van der Waals surface area contributed by atoms with Crippen LogP contribution in [0.1, 0.15) is 43.2 Å². The lowest BCUT2D eigenvalue weighted by Crippen LogP contribution is -2.34. The molecule has 0 aromatic heterocycles. The molecule has 4 rings (SSSR count). The largest absolute Gasteiger partial charge is 0.457 e. The number of ether oxygens (including phenoxy) is 1. The quantitative estimate of drug-likeness (QED) is 0.391. The van der Waals surface area contributed by atoms with Gasteiger partial charge < -0.3 is 10.1 Å². The number of nitro groups is 1. The molecular formula is C24H21ClN2O5. The van der Waals surface area contributed by atoms with Crippen LogP contribution in [0.5, 0.6) is 0 Å². The number of hydrogen-bond acceptors (Lipinski definition) is 6. The number of rotatable bonds is 5. The summed E-state index contributed by atoms with van der Waals surface area (Å²) >= 11 is 6.45. The SMILES string of the molecule is CC1=C(C(=O)OCc2ccccc2)C(c2cc([N+](=O)[O-])ccc2Cl)C2=C(CCCC2=O)N1. The van der Waals surface area contributed by atoms with Gasteiger partial charge in [-0.25, -0.2) is 4.79 Å². The minimum Gasteiger partial charge on any atom is -0.457 e. The Hall–Kier alpha value is -3.45. The van der Waals surface area contributed by atoms with E-state index < -0.39 is 16.8 Å². The van der Waals surface area contributed by atoms with E-state index >= 15 is 0 Å². The number of nitrogens with one attached hydrogen (secondary N) is 1. The van der Waals surface area contributed by atoms with E-state index in [0.717, 1.165) is 11.3 Å². The van der Waals surface area contributed by atoms with Gasteiger partial charge in [0.05, 0.1) is 10.5 Å². The standard InChI is InChI=1S/C24H21ClN2O5/c1-14-21(24(29)32-13-15-6-3-2-4-7-15)22(23-19(26-14)8-5-9-20(23)28)17-12-16(27(30)31)10-11-18(17)25/h2-4,6-7,10-12,22,26H,5,8-9,13H2,1H3. The third-order valence-corrected chi connectivity index (χ3v) is 6.05. The molecule has 8 heteroatoms. The second kappa shape index (κ2) is 8.96. The summed E-state index contributed by atoms with van der Waals surface area (Å²) in [5.74, 6) is -1.54. The Morgan fingerprint density at radius 1 is 1.22 bits per heavy atom. The van der Waals surface area contributed by atoms with Crippen molar-refractivity contribution in [2.24, 2.45) is 0 Å². The predicted octanol–water partition coefficient (Wildman–Crippen LogP) is 4.96. The summed E-state index contributed by atoms with van der Waals surface area (Å²) in [6.07, 6.45) is 1.68.